The van der Waals surface area contributed by atoms with E-state index in [0.717, 1.165) is 12.8 Å². The van der Waals surface area contributed by atoms with Crippen molar-refractivity contribution in [3.63, 3.8) is 0 Å². The van der Waals surface area contributed by atoms with Crippen LogP contribution in [0.25, 0.3) is 0 Å². The largest absolute Gasteiger partial charge is 0.505 e. The Morgan fingerprint density at radius 3 is 3.00 bits per heavy atom. The van der Waals surface area contributed by atoms with Crippen LogP contribution in [0, 0.1) is 17.2 Å². The second-order valence-corrected chi connectivity index (χ2v) is 4.86. The van der Waals surface area contributed by atoms with Gasteiger partial charge in [-0.3, -0.25) is 4.79 Å². The highest BCUT2D eigenvalue weighted by atomic mass is 16.3. The van der Waals surface area contributed by atoms with Crippen LogP contribution in [0.15, 0.2) is 18.3 Å². The Balaban J connectivity index is 2.19. The van der Waals surface area contributed by atoms with Crippen molar-refractivity contribution in [1.29, 1.82) is 5.26 Å². The lowest BCUT2D eigenvalue weighted by Crippen LogP contribution is -2.41. The first-order valence-electron chi connectivity index (χ1n) is 6.47. The molecule has 0 radical (unpaired) electrons. The number of aromatic nitrogens is 1. The first-order chi connectivity index (χ1) is 9.15. The summed E-state index contributed by atoms with van der Waals surface area (Å²) in [4.78, 5) is 18.0. The van der Waals surface area contributed by atoms with Crippen molar-refractivity contribution < 1.29 is 9.90 Å². The van der Waals surface area contributed by atoms with Crippen molar-refractivity contribution >= 4 is 5.91 Å². The van der Waals surface area contributed by atoms with Crippen molar-refractivity contribution in [2.24, 2.45) is 5.92 Å². The Morgan fingerprint density at radius 1 is 1.68 bits per heavy atom. The molecule has 1 fully saturated rings. The molecule has 1 aliphatic rings. The molecule has 1 aromatic heterocycles. The van der Waals surface area contributed by atoms with E-state index < -0.39 is 0 Å². The Labute approximate surface area is 112 Å². The van der Waals surface area contributed by atoms with E-state index in [0.29, 0.717) is 12.5 Å². The van der Waals surface area contributed by atoms with E-state index in [9.17, 15) is 9.90 Å². The SMILES string of the molecule is CC(C1CC1)N(CCC#N)C(=O)c1ncccc1O. The van der Waals surface area contributed by atoms with Crippen molar-refractivity contribution in [3.05, 3.63) is 24.0 Å². The maximum atomic E-state index is 12.4. The molecule has 0 saturated heterocycles. The van der Waals surface area contributed by atoms with Crippen LogP contribution in [0.2, 0.25) is 0 Å². The molecule has 1 amide bonds. The number of pyridine rings is 1. The van der Waals surface area contributed by atoms with Gasteiger partial charge in [0.1, 0.15) is 5.75 Å². The topological polar surface area (TPSA) is 77.2 Å². The van der Waals surface area contributed by atoms with Crippen LogP contribution >= 0.6 is 0 Å². The van der Waals surface area contributed by atoms with Gasteiger partial charge in [-0.05, 0) is 37.8 Å². The van der Waals surface area contributed by atoms with E-state index in [1.807, 2.05) is 6.92 Å². The van der Waals surface area contributed by atoms with Gasteiger partial charge in [-0.15, -0.1) is 0 Å². The van der Waals surface area contributed by atoms with E-state index in [4.69, 9.17) is 5.26 Å². The summed E-state index contributed by atoms with van der Waals surface area (Å²) >= 11 is 0. The number of hydrogen-bond acceptors (Lipinski definition) is 4. The quantitative estimate of drug-likeness (QED) is 0.876. The smallest absolute Gasteiger partial charge is 0.276 e. The minimum absolute atomic E-state index is 0.0629. The first-order valence-corrected chi connectivity index (χ1v) is 6.47. The Kier molecular flexibility index (Phi) is 4.00. The number of carbonyl (C=O) groups excluding carboxylic acids is 1. The summed E-state index contributed by atoms with van der Waals surface area (Å²) in [5, 5.41) is 18.4. The third kappa shape index (κ3) is 3.02. The number of nitriles is 1. The molecule has 0 aliphatic heterocycles. The number of rotatable bonds is 5. The Hall–Kier alpha value is -2.09. The molecular weight excluding hydrogens is 242 g/mol. The van der Waals surface area contributed by atoms with Gasteiger partial charge in [-0.1, -0.05) is 0 Å². The van der Waals surface area contributed by atoms with Crippen molar-refractivity contribution in [3.8, 4) is 11.8 Å². The zero-order valence-electron chi connectivity index (χ0n) is 10.9. The molecule has 0 bridgehead atoms. The predicted octanol–water partition coefficient (Wildman–Crippen LogP) is 1.94. The molecule has 100 valence electrons. The summed E-state index contributed by atoms with van der Waals surface area (Å²) in [6, 6.07) is 5.17. The van der Waals surface area contributed by atoms with Crippen LogP contribution in [0.5, 0.6) is 5.75 Å². The van der Waals surface area contributed by atoms with E-state index >= 15 is 0 Å². The fourth-order valence-electron chi connectivity index (χ4n) is 2.19. The number of amides is 1. The molecule has 1 unspecified atom stereocenters. The van der Waals surface area contributed by atoms with Crippen LogP contribution in [-0.2, 0) is 0 Å². The molecule has 2 rings (SSSR count). The molecule has 1 atom stereocenters. The van der Waals surface area contributed by atoms with Crippen LogP contribution in [0.4, 0.5) is 0 Å². The van der Waals surface area contributed by atoms with Gasteiger partial charge in [0.25, 0.3) is 5.91 Å². The van der Waals surface area contributed by atoms with E-state index in [1.54, 1.807) is 11.0 Å². The molecule has 1 aromatic rings. The normalized spacial score (nSPS) is 15.6. The van der Waals surface area contributed by atoms with Gasteiger partial charge in [0, 0.05) is 18.8 Å². The molecule has 1 N–H and O–H groups in total. The molecule has 0 aromatic carbocycles. The number of hydrogen-bond donors (Lipinski definition) is 1. The lowest BCUT2D eigenvalue weighted by Gasteiger charge is -2.28. The fraction of sp³-hybridized carbons (Fsp3) is 0.500. The van der Waals surface area contributed by atoms with Gasteiger partial charge in [0.2, 0.25) is 0 Å². The maximum absolute atomic E-state index is 12.4. The molecular formula is C14H17N3O2. The van der Waals surface area contributed by atoms with Gasteiger partial charge in [0.15, 0.2) is 5.69 Å². The molecule has 0 spiro atoms. The molecule has 5 heteroatoms. The minimum Gasteiger partial charge on any atom is -0.505 e. The summed E-state index contributed by atoms with van der Waals surface area (Å²) in [5.41, 5.74) is 0.0629. The van der Waals surface area contributed by atoms with E-state index in [2.05, 4.69) is 11.1 Å². The van der Waals surface area contributed by atoms with Crippen LogP contribution in [-0.4, -0.2) is 33.5 Å². The Bertz CT molecular complexity index is 506. The number of nitrogens with zero attached hydrogens (tertiary/aromatic N) is 3. The summed E-state index contributed by atoms with van der Waals surface area (Å²) in [5.74, 6) is 0.0960. The minimum atomic E-state index is -0.298. The first kappa shape index (κ1) is 13.3. The summed E-state index contributed by atoms with van der Waals surface area (Å²) in [7, 11) is 0. The highest BCUT2D eigenvalue weighted by Crippen LogP contribution is 2.35. The zero-order chi connectivity index (χ0) is 13.8. The second-order valence-electron chi connectivity index (χ2n) is 4.86. The third-order valence-corrected chi connectivity index (χ3v) is 3.51. The van der Waals surface area contributed by atoms with Gasteiger partial charge in [0.05, 0.1) is 12.5 Å². The van der Waals surface area contributed by atoms with Crippen molar-refractivity contribution in [1.82, 2.24) is 9.88 Å². The molecule has 19 heavy (non-hydrogen) atoms. The second kappa shape index (κ2) is 5.70. The zero-order valence-corrected chi connectivity index (χ0v) is 10.9. The van der Waals surface area contributed by atoms with E-state index in [-0.39, 0.29) is 29.8 Å². The third-order valence-electron chi connectivity index (χ3n) is 3.51. The molecule has 1 heterocycles. The van der Waals surface area contributed by atoms with Crippen LogP contribution < -0.4 is 0 Å². The lowest BCUT2D eigenvalue weighted by atomic mass is 10.1. The van der Waals surface area contributed by atoms with Crippen molar-refractivity contribution in [2.45, 2.75) is 32.2 Å². The van der Waals surface area contributed by atoms with Gasteiger partial charge in [-0.2, -0.15) is 5.26 Å². The monoisotopic (exact) mass is 259 g/mol. The lowest BCUT2D eigenvalue weighted by molar-refractivity contribution is 0.0667. The standard InChI is InChI=1S/C14H17N3O2/c1-10(11-5-6-11)17(9-3-7-15)14(19)13-12(18)4-2-8-16-13/h2,4,8,10-11,18H,3,5-6,9H2,1H3. The maximum Gasteiger partial charge on any atom is 0.276 e. The highest BCUT2D eigenvalue weighted by Gasteiger charge is 2.35. The summed E-state index contributed by atoms with van der Waals surface area (Å²) < 4.78 is 0. The predicted molar refractivity (Wildman–Crippen MR) is 69.4 cm³/mol. The average Bonchev–Trinajstić information content (AvgIpc) is 3.23. The van der Waals surface area contributed by atoms with Gasteiger partial charge < -0.3 is 10.0 Å². The van der Waals surface area contributed by atoms with Gasteiger partial charge >= 0.3 is 0 Å². The number of carbonyl (C=O) groups is 1. The average molecular weight is 259 g/mol. The molecule has 1 saturated carbocycles. The summed E-state index contributed by atoms with van der Waals surface area (Å²) in [6.07, 6.45) is 4.00. The van der Waals surface area contributed by atoms with Crippen LogP contribution in [0.3, 0.4) is 0 Å². The van der Waals surface area contributed by atoms with Crippen molar-refractivity contribution in [2.75, 3.05) is 6.54 Å². The van der Waals surface area contributed by atoms with Crippen LogP contribution in [0.1, 0.15) is 36.7 Å². The molecule has 5 nitrogen and oxygen atoms in total. The highest BCUT2D eigenvalue weighted by molar-refractivity contribution is 5.95. The number of aromatic hydroxyl groups is 1. The summed E-state index contributed by atoms with van der Waals surface area (Å²) in [6.45, 7) is 2.37. The fourth-order valence-corrected chi connectivity index (χ4v) is 2.19. The Morgan fingerprint density at radius 2 is 2.42 bits per heavy atom. The van der Waals surface area contributed by atoms with Gasteiger partial charge in [-0.25, -0.2) is 4.98 Å². The van der Waals surface area contributed by atoms with E-state index in [1.165, 1.54) is 12.3 Å². The molecule has 1 aliphatic carbocycles.